The average Bonchev–Trinajstić information content (AvgIpc) is 2.90. The quantitative estimate of drug-likeness (QED) is 0.506. The fourth-order valence-electron chi connectivity index (χ4n) is 3.23. The van der Waals surface area contributed by atoms with Gasteiger partial charge in [0, 0.05) is 10.4 Å². The van der Waals surface area contributed by atoms with Gasteiger partial charge in [-0.05, 0) is 46.0 Å². The number of hydrogen-bond donors (Lipinski definition) is 0. The zero-order valence-electron chi connectivity index (χ0n) is 11.8. The lowest BCUT2D eigenvalue weighted by molar-refractivity contribution is 1.06. The van der Waals surface area contributed by atoms with Gasteiger partial charge >= 0.3 is 0 Å². The Morgan fingerprint density at radius 3 is 2.62 bits per heavy atom. The van der Waals surface area contributed by atoms with E-state index in [1.165, 1.54) is 37.5 Å². The summed E-state index contributed by atoms with van der Waals surface area (Å²) < 4.78 is 1.19. The van der Waals surface area contributed by atoms with Crippen molar-refractivity contribution in [3.05, 3.63) is 87.4 Å². The number of benzene rings is 3. The fraction of sp³-hybridized carbons (Fsp3) is 0.100. The summed E-state index contributed by atoms with van der Waals surface area (Å²) in [5, 5.41) is 2.65. The lowest BCUT2D eigenvalue weighted by Crippen LogP contribution is -1.98. The largest absolute Gasteiger partial charge is 0.0720 e. The number of allylic oxidation sites excluding steroid dienone is 1. The topological polar surface area (TPSA) is 0 Å². The third kappa shape index (κ3) is 2.04. The smallest absolute Gasteiger partial charge is 0.0285 e. The molecule has 0 amide bonds. The van der Waals surface area contributed by atoms with Crippen LogP contribution in [0, 0.1) is 6.92 Å². The molecule has 21 heavy (non-hydrogen) atoms. The van der Waals surface area contributed by atoms with Crippen LogP contribution in [0.3, 0.4) is 0 Å². The zero-order chi connectivity index (χ0) is 14.4. The van der Waals surface area contributed by atoms with Gasteiger partial charge in [-0.15, -0.1) is 0 Å². The van der Waals surface area contributed by atoms with Gasteiger partial charge < -0.3 is 0 Å². The fourth-order valence-corrected chi connectivity index (χ4v) is 3.59. The van der Waals surface area contributed by atoms with E-state index in [1.807, 2.05) is 0 Å². The molecule has 0 saturated carbocycles. The summed E-state index contributed by atoms with van der Waals surface area (Å²) in [5.74, 6) is 0.350. The molecule has 0 fully saturated rings. The average molecular weight is 335 g/mol. The maximum atomic E-state index is 3.67. The number of hydrogen-bond acceptors (Lipinski definition) is 0. The Bertz CT molecular complexity index is 869. The van der Waals surface area contributed by atoms with Crippen LogP contribution in [-0.2, 0) is 0 Å². The summed E-state index contributed by atoms with van der Waals surface area (Å²) >= 11 is 3.67. The highest BCUT2D eigenvalue weighted by molar-refractivity contribution is 9.10. The molecular weight excluding hydrogens is 320 g/mol. The molecular formula is C20H15Br. The standard InChI is InChI=1S/C20H15Br/c1-13-11-15-9-10-18(19(15)12-20(13)21)17-8-4-6-14-5-2-3-7-16(14)17/h2-12,18H,1H3. The van der Waals surface area contributed by atoms with Gasteiger partial charge in [-0.1, -0.05) is 76.6 Å². The monoisotopic (exact) mass is 334 g/mol. The Balaban J connectivity index is 1.93. The molecule has 0 radical (unpaired) electrons. The van der Waals surface area contributed by atoms with Gasteiger partial charge in [-0.25, -0.2) is 0 Å². The minimum absolute atomic E-state index is 0.350. The molecule has 0 nitrogen and oxygen atoms in total. The maximum absolute atomic E-state index is 3.67. The van der Waals surface area contributed by atoms with Crippen LogP contribution in [0.5, 0.6) is 0 Å². The van der Waals surface area contributed by atoms with E-state index in [0.717, 1.165) is 0 Å². The zero-order valence-corrected chi connectivity index (χ0v) is 13.4. The van der Waals surface area contributed by atoms with Crippen LogP contribution in [0.15, 0.2) is 65.1 Å². The normalized spacial score (nSPS) is 16.4. The van der Waals surface area contributed by atoms with Gasteiger partial charge in [0.2, 0.25) is 0 Å². The van der Waals surface area contributed by atoms with Crippen LogP contribution in [0.2, 0.25) is 0 Å². The van der Waals surface area contributed by atoms with E-state index in [9.17, 15) is 0 Å². The molecule has 0 bridgehead atoms. The van der Waals surface area contributed by atoms with E-state index in [4.69, 9.17) is 0 Å². The van der Waals surface area contributed by atoms with Crippen molar-refractivity contribution in [3.63, 3.8) is 0 Å². The van der Waals surface area contributed by atoms with Gasteiger partial charge in [0.15, 0.2) is 0 Å². The summed E-state index contributed by atoms with van der Waals surface area (Å²) in [4.78, 5) is 0. The van der Waals surface area contributed by atoms with Gasteiger partial charge in [0.25, 0.3) is 0 Å². The maximum Gasteiger partial charge on any atom is 0.0285 e. The second kappa shape index (κ2) is 4.85. The first-order valence-corrected chi connectivity index (χ1v) is 7.99. The van der Waals surface area contributed by atoms with Crippen molar-refractivity contribution < 1.29 is 0 Å². The van der Waals surface area contributed by atoms with Crippen LogP contribution in [0.4, 0.5) is 0 Å². The van der Waals surface area contributed by atoms with Crippen molar-refractivity contribution in [3.8, 4) is 0 Å². The van der Waals surface area contributed by atoms with E-state index in [0.29, 0.717) is 5.92 Å². The van der Waals surface area contributed by atoms with Crippen molar-refractivity contribution >= 4 is 32.8 Å². The molecule has 1 heteroatoms. The third-order valence-corrected chi connectivity index (χ3v) is 5.18. The number of halogens is 1. The molecule has 0 aromatic heterocycles. The highest BCUT2D eigenvalue weighted by Gasteiger charge is 2.21. The van der Waals surface area contributed by atoms with Crippen molar-refractivity contribution in [1.82, 2.24) is 0 Å². The van der Waals surface area contributed by atoms with Gasteiger partial charge in [-0.3, -0.25) is 0 Å². The molecule has 1 atom stereocenters. The Morgan fingerprint density at radius 1 is 0.905 bits per heavy atom. The molecule has 1 aliphatic rings. The molecule has 0 aliphatic heterocycles. The van der Waals surface area contributed by atoms with Crippen LogP contribution in [0.25, 0.3) is 16.8 Å². The van der Waals surface area contributed by atoms with E-state index < -0.39 is 0 Å². The van der Waals surface area contributed by atoms with Gasteiger partial charge in [-0.2, -0.15) is 0 Å². The van der Waals surface area contributed by atoms with E-state index in [1.54, 1.807) is 0 Å². The van der Waals surface area contributed by atoms with Crippen LogP contribution >= 0.6 is 15.9 Å². The number of aryl methyl sites for hydroxylation is 1. The van der Waals surface area contributed by atoms with Crippen molar-refractivity contribution in [1.29, 1.82) is 0 Å². The first-order valence-electron chi connectivity index (χ1n) is 7.20. The minimum atomic E-state index is 0.350. The van der Waals surface area contributed by atoms with Crippen LogP contribution < -0.4 is 0 Å². The lowest BCUT2D eigenvalue weighted by Gasteiger charge is -2.15. The molecule has 1 aliphatic carbocycles. The van der Waals surface area contributed by atoms with E-state index in [-0.39, 0.29) is 0 Å². The van der Waals surface area contributed by atoms with Crippen molar-refractivity contribution in [2.24, 2.45) is 0 Å². The highest BCUT2D eigenvalue weighted by Crippen LogP contribution is 2.40. The van der Waals surface area contributed by atoms with Crippen LogP contribution in [0.1, 0.15) is 28.2 Å². The lowest BCUT2D eigenvalue weighted by atomic mass is 9.89. The van der Waals surface area contributed by atoms with Crippen molar-refractivity contribution in [2.75, 3.05) is 0 Å². The Labute approximate surface area is 133 Å². The summed E-state index contributed by atoms with van der Waals surface area (Å²) in [7, 11) is 0. The Hall–Kier alpha value is -1.86. The third-order valence-electron chi connectivity index (χ3n) is 4.33. The Morgan fingerprint density at radius 2 is 1.71 bits per heavy atom. The summed E-state index contributed by atoms with van der Waals surface area (Å²) in [6, 6.07) is 19.8. The minimum Gasteiger partial charge on any atom is -0.0720 e. The number of fused-ring (bicyclic) bond motifs is 2. The molecule has 1 unspecified atom stereocenters. The first-order chi connectivity index (χ1) is 10.2. The second-order valence-electron chi connectivity index (χ2n) is 5.64. The summed E-state index contributed by atoms with van der Waals surface area (Å²) in [5.41, 5.74) is 5.41. The van der Waals surface area contributed by atoms with Gasteiger partial charge in [0.1, 0.15) is 0 Å². The molecule has 0 spiro atoms. The highest BCUT2D eigenvalue weighted by atomic mass is 79.9. The second-order valence-corrected chi connectivity index (χ2v) is 6.49. The molecule has 0 saturated heterocycles. The molecule has 3 aromatic rings. The predicted molar refractivity (Wildman–Crippen MR) is 93.7 cm³/mol. The molecule has 4 rings (SSSR count). The molecule has 0 heterocycles. The van der Waals surface area contributed by atoms with Crippen LogP contribution in [-0.4, -0.2) is 0 Å². The van der Waals surface area contributed by atoms with Crippen molar-refractivity contribution in [2.45, 2.75) is 12.8 Å². The van der Waals surface area contributed by atoms with E-state index >= 15 is 0 Å². The SMILES string of the molecule is Cc1cc2c(cc1Br)C(c1cccc3ccccc13)C=C2. The molecule has 3 aromatic carbocycles. The molecule has 0 N–H and O–H groups in total. The Kier molecular flexibility index (Phi) is 2.97. The summed E-state index contributed by atoms with van der Waals surface area (Å²) in [6.45, 7) is 2.14. The first kappa shape index (κ1) is 12.8. The number of rotatable bonds is 1. The molecule has 102 valence electrons. The van der Waals surface area contributed by atoms with Gasteiger partial charge in [0.05, 0.1) is 0 Å². The van der Waals surface area contributed by atoms with E-state index in [2.05, 4.69) is 89.6 Å². The summed E-state index contributed by atoms with van der Waals surface area (Å²) in [6.07, 6.45) is 4.57. The predicted octanol–water partition coefficient (Wildman–Crippen LogP) is 6.07.